The highest BCUT2D eigenvalue weighted by Gasteiger charge is 2.38. The van der Waals surface area contributed by atoms with Crippen LogP contribution in [-0.4, -0.2) is 59.4 Å². The molecule has 5 nitrogen and oxygen atoms in total. The Kier molecular flexibility index (Phi) is 3.29. The monoisotopic (exact) mass is 239 g/mol. The van der Waals surface area contributed by atoms with Crippen molar-refractivity contribution in [3.05, 3.63) is 11.6 Å². The molecule has 2 atom stereocenters. The molecule has 0 spiro atoms. The highest BCUT2D eigenvalue weighted by atomic mass is 19.1. The van der Waals surface area contributed by atoms with Gasteiger partial charge < -0.3 is 10.0 Å². The molecule has 0 aromatic rings. The minimum absolute atomic E-state index is 0.0478. The lowest BCUT2D eigenvalue weighted by atomic mass is 9.96. The van der Waals surface area contributed by atoms with Crippen molar-refractivity contribution in [2.45, 2.75) is 18.6 Å². The SMILES string of the molecule is N#CC=C1CN(C2CCN(C(=O)O)CC2F)C1. The summed E-state index contributed by atoms with van der Waals surface area (Å²) >= 11 is 0. The summed E-state index contributed by atoms with van der Waals surface area (Å²) in [5.41, 5.74) is 1.01. The Bertz CT molecular complexity index is 383. The largest absolute Gasteiger partial charge is 0.465 e. The van der Waals surface area contributed by atoms with Crippen LogP contribution in [0, 0.1) is 11.3 Å². The quantitative estimate of drug-likeness (QED) is 0.688. The third kappa shape index (κ3) is 2.39. The molecule has 2 heterocycles. The standard InChI is InChI=1S/C11H14FN3O2/c12-9-7-14(11(16)17)4-2-10(9)15-5-8(6-15)1-3-13/h1,9-10H,2,4-7H2,(H,16,17). The second-order valence-corrected chi connectivity index (χ2v) is 4.44. The summed E-state index contributed by atoms with van der Waals surface area (Å²) in [6.07, 6.45) is -0.174. The number of piperidine rings is 1. The van der Waals surface area contributed by atoms with Crippen LogP contribution in [-0.2, 0) is 0 Å². The molecule has 2 aliphatic rings. The van der Waals surface area contributed by atoms with Crippen LogP contribution < -0.4 is 0 Å². The molecule has 0 aromatic heterocycles. The maximum absolute atomic E-state index is 13.8. The summed E-state index contributed by atoms with van der Waals surface area (Å²) in [5.74, 6) is 0. The Labute approximate surface area is 98.7 Å². The lowest BCUT2D eigenvalue weighted by Gasteiger charge is -2.45. The van der Waals surface area contributed by atoms with E-state index in [-0.39, 0.29) is 12.6 Å². The first-order chi connectivity index (χ1) is 8.11. The Balaban J connectivity index is 1.87. The first kappa shape index (κ1) is 11.9. The van der Waals surface area contributed by atoms with Gasteiger partial charge in [-0.05, 0) is 12.0 Å². The topological polar surface area (TPSA) is 67.6 Å². The summed E-state index contributed by atoms with van der Waals surface area (Å²) in [6, 6.07) is 1.75. The van der Waals surface area contributed by atoms with Gasteiger partial charge in [0.05, 0.1) is 12.6 Å². The molecule has 0 radical (unpaired) electrons. The van der Waals surface area contributed by atoms with E-state index in [4.69, 9.17) is 10.4 Å². The molecule has 0 aliphatic carbocycles. The fourth-order valence-corrected chi connectivity index (χ4v) is 2.37. The molecule has 2 unspecified atom stereocenters. The first-order valence-corrected chi connectivity index (χ1v) is 5.55. The van der Waals surface area contributed by atoms with Crippen LogP contribution in [0.5, 0.6) is 0 Å². The Hall–Kier alpha value is -1.61. The zero-order chi connectivity index (χ0) is 12.4. The van der Waals surface area contributed by atoms with Crippen LogP contribution in [0.2, 0.25) is 0 Å². The molecule has 0 aromatic carbocycles. The van der Waals surface area contributed by atoms with Crippen LogP contribution >= 0.6 is 0 Å². The van der Waals surface area contributed by atoms with Gasteiger partial charge in [0.15, 0.2) is 0 Å². The molecule has 6 heteroatoms. The van der Waals surface area contributed by atoms with E-state index in [0.717, 1.165) is 10.5 Å². The zero-order valence-corrected chi connectivity index (χ0v) is 9.34. The van der Waals surface area contributed by atoms with Gasteiger partial charge in [-0.25, -0.2) is 9.18 Å². The number of allylic oxidation sites excluding steroid dienone is 1. The van der Waals surface area contributed by atoms with E-state index in [1.54, 1.807) is 0 Å². The molecule has 1 N–H and O–H groups in total. The number of alkyl halides is 1. The number of nitrogens with zero attached hydrogens (tertiary/aromatic N) is 3. The van der Waals surface area contributed by atoms with Crippen molar-refractivity contribution in [3.8, 4) is 6.07 Å². The van der Waals surface area contributed by atoms with E-state index in [1.807, 2.05) is 11.0 Å². The predicted octanol–water partition coefficient (Wildman–Crippen LogP) is 0.842. The number of rotatable bonds is 1. The van der Waals surface area contributed by atoms with Crippen molar-refractivity contribution >= 4 is 6.09 Å². The van der Waals surface area contributed by atoms with E-state index >= 15 is 0 Å². The van der Waals surface area contributed by atoms with E-state index in [0.29, 0.717) is 26.1 Å². The Morgan fingerprint density at radius 1 is 1.59 bits per heavy atom. The lowest BCUT2D eigenvalue weighted by molar-refractivity contribution is 0.0271. The lowest BCUT2D eigenvalue weighted by Crippen LogP contribution is -2.58. The number of halogens is 1. The smallest absolute Gasteiger partial charge is 0.407 e. The van der Waals surface area contributed by atoms with Crippen molar-refractivity contribution in [2.75, 3.05) is 26.2 Å². The minimum atomic E-state index is -1.14. The average Bonchev–Trinajstić information content (AvgIpc) is 2.23. The summed E-state index contributed by atoms with van der Waals surface area (Å²) in [6.45, 7) is 1.60. The summed E-state index contributed by atoms with van der Waals surface area (Å²) in [5, 5.41) is 17.2. The second kappa shape index (κ2) is 4.72. The molecule has 2 aliphatic heterocycles. The molecular weight excluding hydrogens is 225 g/mol. The number of carboxylic acid groups (broad SMARTS) is 1. The highest BCUT2D eigenvalue weighted by molar-refractivity contribution is 5.65. The average molecular weight is 239 g/mol. The van der Waals surface area contributed by atoms with Crippen LogP contribution in [0.25, 0.3) is 0 Å². The maximum atomic E-state index is 13.8. The molecule has 2 fully saturated rings. The van der Waals surface area contributed by atoms with E-state index < -0.39 is 12.3 Å². The van der Waals surface area contributed by atoms with Gasteiger partial charge >= 0.3 is 6.09 Å². The Morgan fingerprint density at radius 3 is 2.82 bits per heavy atom. The van der Waals surface area contributed by atoms with Gasteiger partial charge in [0, 0.05) is 31.8 Å². The molecule has 2 rings (SSSR count). The number of hydrogen-bond donors (Lipinski definition) is 1. The van der Waals surface area contributed by atoms with Crippen LogP contribution in [0.15, 0.2) is 11.6 Å². The van der Waals surface area contributed by atoms with Crippen molar-refractivity contribution in [1.82, 2.24) is 9.80 Å². The molecule has 1 amide bonds. The molecule has 92 valence electrons. The highest BCUT2D eigenvalue weighted by Crippen LogP contribution is 2.26. The third-order valence-electron chi connectivity index (χ3n) is 3.33. The third-order valence-corrected chi connectivity index (χ3v) is 3.33. The van der Waals surface area contributed by atoms with Gasteiger partial charge in [-0.1, -0.05) is 0 Å². The number of nitriles is 1. The predicted molar refractivity (Wildman–Crippen MR) is 58.2 cm³/mol. The number of carbonyl (C=O) groups is 1. The number of likely N-dealkylation sites (tertiary alicyclic amines) is 2. The Morgan fingerprint density at radius 2 is 2.29 bits per heavy atom. The van der Waals surface area contributed by atoms with Gasteiger partial charge in [-0.2, -0.15) is 5.26 Å². The molecule has 2 saturated heterocycles. The summed E-state index contributed by atoms with van der Waals surface area (Å²) in [7, 11) is 0. The zero-order valence-electron chi connectivity index (χ0n) is 9.34. The number of hydrogen-bond acceptors (Lipinski definition) is 3. The van der Waals surface area contributed by atoms with Crippen LogP contribution in [0.3, 0.4) is 0 Å². The second-order valence-electron chi connectivity index (χ2n) is 4.44. The van der Waals surface area contributed by atoms with Crippen molar-refractivity contribution in [3.63, 3.8) is 0 Å². The van der Waals surface area contributed by atoms with Gasteiger partial charge in [-0.3, -0.25) is 4.90 Å². The fourth-order valence-electron chi connectivity index (χ4n) is 2.37. The van der Waals surface area contributed by atoms with Crippen molar-refractivity contribution in [1.29, 1.82) is 5.26 Å². The number of amides is 1. The van der Waals surface area contributed by atoms with E-state index in [1.165, 1.54) is 6.08 Å². The van der Waals surface area contributed by atoms with Crippen LogP contribution in [0.1, 0.15) is 6.42 Å². The fraction of sp³-hybridized carbons (Fsp3) is 0.636. The van der Waals surface area contributed by atoms with Crippen molar-refractivity contribution < 1.29 is 14.3 Å². The van der Waals surface area contributed by atoms with Gasteiger partial charge in [0.2, 0.25) is 0 Å². The van der Waals surface area contributed by atoms with Crippen molar-refractivity contribution in [2.24, 2.45) is 0 Å². The van der Waals surface area contributed by atoms with Crippen LogP contribution in [0.4, 0.5) is 9.18 Å². The summed E-state index contributed by atoms with van der Waals surface area (Å²) in [4.78, 5) is 13.8. The van der Waals surface area contributed by atoms with Gasteiger partial charge in [0.1, 0.15) is 6.17 Å². The minimum Gasteiger partial charge on any atom is -0.465 e. The molecular formula is C11H14FN3O2. The normalized spacial score (nSPS) is 29.4. The molecule has 0 bridgehead atoms. The molecule has 17 heavy (non-hydrogen) atoms. The summed E-state index contributed by atoms with van der Waals surface area (Å²) < 4.78 is 13.8. The first-order valence-electron chi connectivity index (χ1n) is 5.55. The van der Waals surface area contributed by atoms with E-state index in [2.05, 4.69) is 0 Å². The van der Waals surface area contributed by atoms with Gasteiger partial charge in [0.25, 0.3) is 0 Å². The van der Waals surface area contributed by atoms with Gasteiger partial charge in [-0.15, -0.1) is 0 Å². The molecule has 0 saturated carbocycles. The maximum Gasteiger partial charge on any atom is 0.407 e. The van der Waals surface area contributed by atoms with E-state index in [9.17, 15) is 9.18 Å².